The number of rotatable bonds is 27. The lowest BCUT2D eigenvalue weighted by atomic mass is 9.93. The van der Waals surface area contributed by atoms with Crippen LogP contribution in [0.5, 0.6) is 0 Å². The van der Waals surface area contributed by atoms with Gasteiger partial charge in [-0.1, -0.05) is 157 Å². The van der Waals surface area contributed by atoms with Gasteiger partial charge in [0, 0.05) is 12.5 Å². The van der Waals surface area contributed by atoms with Crippen molar-refractivity contribution in [2.24, 2.45) is 5.92 Å². The van der Waals surface area contributed by atoms with Gasteiger partial charge in [0.15, 0.2) is 8.32 Å². The van der Waals surface area contributed by atoms with E-state index in [1.165, 1.54) is 135 Å². The highest BCUT2D eigenvalue weighted by Crippen LogP contribution is 2.39. The maximum Gasteiger partial charge on any atom is 0.192 e. The summed E-state index contributed by atoms with van der Waals surface area (Å²) >= 11 is 0. The van der Waals surface area contributed by atoms with E-state index in [-0.39, 0.29) is 5.04 Å². The van der Waals surface area contributed by atoms with Crippen LogP contribution in [0.3, 0.4) is 0 Å². The van der Waals surface area contributed by atoms with Crippen molar-refractivity contribution in [3.8, 4) is 0 Å². The summed E-state index contributed by atoms with van der Waals surface area (Å²) in [5.41, 5.74) is 0. The van der Waals surface area contributed by atoms with E-state index >= 15 is 0 Å². The summed E-state index contributed by atoms with van der Waals surface area (Å²) in [6.45, 7) is 16.6. The largest absolute Gasteiger partial charge is 0.414 e. The van der Waals surface area contributed by atoms with Gasteiger partial charge in [-0.15, -0.1) is 0 Å². The van der Waals surface area contributed by atoms with Gasteiger partial charge < -0.3 is 9.22 Å². The van der Waals surface area contributed by atoms with Crippen LogP contribution in [-0.4, -0.2) is 20.7 Å². The Morgan fingerprint density at radius 2 is 1.00 bits per heavy atom. The molecule has 0 amide bonds. The first-order chi connectivity index (χ1) is 17.7. The molecule has 0 aliphatic heterocycles. The van der Waals surface area contributed by atoms with Gasteiger partial charge in [0.25, 0.3) is 0 Å². The Labute approximate surface area is 236 Å². The van der Waals surface area contributed by atoms with Crippen LogP contribution in [0.25, 0.3) is 0 Å². The van der Waals surface area contributed by atoms with E-state index < -0.39 is 8.32 Å². The van der Waals surface area contributed by atoms with Crippen molar-refractivity contribution in [2.45, 2.75) is 207 Å². The second-order valence-electron chi connectivity index (χ2n) is 13.6. The molecule has 2 atom stereocenters. The van der Waals surface area contributed by atoms with Gasteiger partial charge in [0.05, 0.1) is 0 Å². The molecule has 0 rings (SSSR count). The van der Waals surface area contributed by atoms with E-state index in [2.05, 4.69) is 47.7 Å². The van der Waals surface area contributed by atoms with Crippen molar-refractivity contribution in [3.63, 3.8) is 0 Å². The first-order valence-electron chi connectivity index (χ1n) is 16.8. The lowest BCUT2D eigenvalue weighted by Crippen LogP contribution is -2.45. The average molecular weight is 539 g/mol. The van der Waals surface area contributed by atoms with Gasteiger partial charge in [0.2, 0.25) is 0 Å². The van der Waals surface area contributed by atoms with E-state index in [4.69, 9.17) is 4.43 Å². The Balaban J connectivity index is 4.00. The van der Waals surface area contributed by atoms with Crippen LogP contribution >= 0.6 is 0 Å². The van der Waals surface area contributed by atoms with Crippen LogP contribution in [0.1, 0.15) is 182 Å². The first-order valence-corrected chi connectivity index (χ1v) is 19.7. The van der Waals surface area contributed by atoms with Gasteiger partial charge in [0.1, 0.15) is 6.29 Å². The van der Waals surface area contributed by atoms with E-state index in [1.807, 2.05) is 0 Å². The number of hydrogen-bond acceptors (Lipinski definition) is 2. The molecule has 0 aromatic carbocycles. The van der Waals surface area contributed by atoms with Crippen LogP contribution in [0.2, 0.25) is 18.1 Å². The van der Waals surface area contributed by atoms with Crippen molar-refractivity contribution >= 4 is 14.6 Å². The standard InChI is InChI=1S/C34H70O2Si/c1-8-9-10-11-12-13-14-15-16-17-18-19-20-21-23-26-29-32(2)33(30-27-24-22-25-28-31-35)36-37(6,7)34(3,4)5/h31-33H,8-30H2,1-7H3/t32-,33-/m0/s1. The predicted molar refractivity (Wildman–Crippen MR) is 169 cm³/mol. The zero-order valence-corrected chi connectivity index (χ0v) is 27.8. The molecule has 0 aliphatic carbocycles. The van der Waals surface area contributed by atoms with Gasteiger partial charge >= 0.3 is 0 Å². The zero-order chi connectivity index (χ0) is 27.8. The molecule has 222 valence electrons. The van der Waals surface area contributed by atoms with E-state index in [0.29, 0.717) is 12.0 Å². The molecule has 0 N–H and O–H groups in total. The molecule has 3 heteroatoms. The van der Waals surface area contributed by atoms with Gasteiger partial charge in [-0.3, -0.25) is 0 Å². The molecule has 0 spiro atoms. The molecule has 0 bridgehead atoms. The summed E-state index contributed by atoms with van der Waals surface area (Å²) < 4.78 is 6.95. The van der Waals surface area contributed by atoms with Crippen LogP contribution in [0, 0.1) is 5.92 Å². The minimum absolute atomic E-state index is 0.267. The molecule has 0 heterocycles. The monoisotopic (exact) mass is 539 g/mol. The van der Waals surface area contributed by atoms with Crippen LogP contribution in [-0.2, 0) is 9.22 Å². The Bertz CT molecular complexity index is 497. The topological polar surface area (TPSA) is 26.3 Å². The van der Waals surface area contributed by atoms with Crippen LogP contribution < -0.4 is 0 Å². The second kappa shape index (κ2) is 23.7. The minimum Gasteiger partial charge on any atom is -0.414 e. The van der Waals surface area contributed by atoms with Crippen LogP contribution in [0.4, 0.5) is 0 Å². The van der Waals surface area contributed by atoms with Crippen molar-refractivity contribution in [3.05, 3.63) is 0 Å². The van der Waals surface area contributed by atoms with Gasteiger partial charge in [-0.05, 0) is 43.3 Å². The third-order valence-corrected chi connectivity index (χ3v) is 13.5. The molecular formula is C34H70O2Si. The minimum atomic E-state index is -1.75. The fourth-order valence-electron chi connectivity index (χ4n) is 5.14. The Hall–Kier alpha value is -0.153. The molecule has 0 unspecified atom stereocenters. The van der Waals surface area contributed by atoms with Crippen molar-refractivity contribution in [2.75, 3.05) is 0 Å². The maximum atomic E-state index is 10.6. The number of unbranched alkanes of at least 4 members (excludes halogenated alkanes) is 19. The van der Waals surface area contributed by atoms with Crippen molar-refractivity contribution < 1.29 is 9.22 Å². The maximum absolute atomic E-state index is 10.6. The number of aldehydes is 1. The molecule has 0 saturated heterocycles. The summed E-state index contributed by atoms with van der Waals surface area (Å²) in [5, 5.41) is 0.267. The lowest BCUT2D eigenvalue weighted by Gasteiger charge is -2.41. The molecule has 0 radical (unpaired) electrons. The van der Waals surface area contributed by atoms with Crippen molar-refractivity contribution in [1.82, 2.24) is 0 Å². The first kappa shape index (κ1) is 36.8. The lowest BCUT2D eigenvalue weighted by molar-refractivity contribution is -0.107. The third kappa shape index (κ3) is 21.4. The summed E-state index contributed by atoms with van der Waals surface area (Å²) in [7, 11) is -1.75. The molecule has 0 aromatic rings. The summed E-state index contributed by atoms with van der Waals surface area (Å²) in [4.78, 5) is 10.6. The zero-order valence-electron chi connectivity index (χ0n) is 26.8. The molecule has 0 aliphatic rings. The molecular weight excluding hydrogens is 468 g/mol. The SMILES string of the molecule is CCCCCCCCCCCCCCCCCC[C@H](C)[C@H](CCCCCCC=O)O[Si](C)(C)C(C)(C)C. The highest BCUT2D eigenvalue weighted by atomic mass is 28.4. The van der Waals surface area contributed by atoms with Crippen molar-refractivity contribution in [1.29, 1.82) is 0 Å². The highest BCUT2D eigenvalue weighted by Gasteiger charge is 2.39. The van der Waals surface area contributed by atoms with E-state index in [0.717, 1.165) is 19.1 Å². The predicted octanol–water partition coefficient (Wildman–Crippen LogP) is 12.2. The highest BCUT2D eigenvalue weighted by molar-refractivity contribution is 6.74. The summed E-state index contributed by atoms with van der Waals surface area (Å²) in [6.07, 6.45) is 32.3. The molecule has 0 saturated carbocycles. The summed E-state index contributed by atoms with van der Waals surface area (Å²) in [6, 6.07) is 0. The molecule has 0 aromatic heterocycles. The Kier molecular flexibility index (Phi) is 23.6. The van der Waals surface area contributed by atoms with Crippen LogP contribution in [0.15, 0.2) is 0 Å². The smallest absolute Gasteiger partial charge is 0.192 e. The number of carbonyl (C=O) groups excluding carboxylic acids is 1. The van der Waals surface area contributed by atoms with E-state index in [9.17, 15) is 4.79 Å². The second-order valence-corrected chi connectivity index (χ2v) is 18.4. The molecule has 0 fully saturated rings. The summed E-state index contributed by atoms with van der Waals surface area (Å²) in [5.74, 6) is 0.649. The third-order valence-electron chi connectivity index (χ3n) is 8.96. The number of carbonyl (C=O) groups is 1. The number of hydrogen-bond donors (Lipinski definition) is 0. The fourth-order valence-corrected chi connectivity index (χ4v) is 6.60. The Morgan fingerprint density at radius 3 is 1.41 bits per heavy atom. The normalized spacial score (nSPS) is 14.1. The quantitative estimate of drug-likeness (QED) is 0.0590. The molecule has 2 nitrogen and oxygen atoms in total. The van der Waals surface area contributed by atoms with Gasteiger partial charge in [-0.25, -0.2) is 0 Å². The fraction of sp³-hybridized carbons (Fsp3) is 0.971. The molecule has 37 heavy (non-hydrogen) atoms. The van der Waals surface area contributed by atoms with Gasteiger partial charge in [-0.2, -0.15) is 0 Å². The van der Waals surface area contributed by atoms with E-state index in [1.54, 1.807) is 0 Å². The average Bonchev–Trinajstić information content (AvgIpc) is 2.84. The Morgan fingerprint density at radius 1 is 0.622 bits per heavy atom.